The van der Waals surface area contributed by atoms with Gasteiger partial charge in [-0.25, -0.2) is 8.42 Å². The number of rotatable bonds is 14. The highest BCUT2D eigenvalue weighted by molar-refractivity contribution is 9.10. The van der Waals surface area contributed by atoms with Gasteiger partial charge in [0, 0.05) is 23.5 Å². The number of aryl methyl sites for hydroxylation is 1. The van der Waals surface area contributed by atoms with Gasteiger partial charge < -0.3 is 10.2 Å². The Morgan fingerprint density at radius 1 is 0.822 bits per heavy atom. The Bertz CT molecular complexity index is 1680. The first-order chi connectivity index (χ1) is 21.6. The molecule has 4 aromatic carbocycles. The van der Waals surface area contributed by atoms with Gasteiger partial charge in [0.05, 0.1) is 10.6 Å². The molecule has 0 heterocycles. The molecule has 2 amide bonds. The number of nitrogens with one attached hydrogen (secondary N) is 1. The number of carbonyl (C=O) groups excluding carboxylic acids is 2. The summed E-state index contributed by atoms with van der Waals surface area (Å²) in [5.41, 5.74) is 2.92. The van der Waals surface area contributed by atoms with E-state index >= 15 is 0 Å². The summed E-state index contributed by atoms with van der Waals surface area (Å²) in [5.74, 6) is -0.774. The van der Waals surface area contributed by atoms with Crippen LogP contribution >= 0.6 is 15.9 Å². The molecule has 4 aromatic rings. The third-order valence-electron chi connectivity index (χ3n) is 7.77. The van der Waals surface area contributed by atoms with Crippen LogP contribution in [-0.4, -0.2) is 43.8 Å². The largest absolute Gasteiger partial charge is 0.352 e. The molecule has 0 aliphatic carbocycles. The Hall–Kier alpha value is -3.95. The maximum absolute atomic E-state index is 14.6. The van der Waals surface area contributed by atoms with Crippen molar-refractivity contribution in [1.29, 1.82) is 0 Å². The normalized spacial score (nSPS) is 12.6. The summed E-state index contributed by atoms with van der Waals surface area (Å²) in [6, 6.07) is 31.4. The molecule has 1 N–H and O–H groups in total. The highest BCUT2D eigenvalue weighted by atomic mass is 79.9. The highest BCUT2D eigenvalue weighted by Gasteiger charge is 2.35. The topological polar surface area (TPSA) is 86.8 Å². The minimum Gasteiger partial charge on any atom is -0.352 e. The van der Waals surface area contributed by atoms with Gasteiger partial charge in [-0.1, -0.05) is 109 Å². The van der Waals surface area contributed by atoms with E-state index in [4.69, 9.17) is 0 Å². The van der Waals surface area contributed by atoms with Crippen LogP contribution < -0.4 is 9.62 Å². The standard InChI is InChI=1S/C36H40BrN3O4S/c1-4-27(3)38-36(42)34(24-28-15-8-6-9-16-28)39(25-29-17-14-19-31(37)23-29)35(41)26-40(33-22-13-12-18-30(33)5-2)45(43,44)32-20-10-7-11-21-32/h6-23,27,34H,4-5,24-26H2,1-3H3,(H,38,42). The summed E-state index contributed by atoms with van der Waals surface area (Å²) in [5, 5.41) is 3.07. The molecule has 9 heteroatoms. The van der Waals surface area contributed by atoms with Crippen LogP contribution in [0.1, 0.15) is 43.9 Å². The van der Waals surface area contributed by atoms with Gasteiger partial charge in [-0.2, -0.15) is 0 Å². The zero-order valence-corrected chi connectivity index (χ0v) is 28.3. The molecular weight excluding hydrogens is 650 g/mol. The van der Waals surface area contributed by atoms with E-state index < -0.39 is 28.5 Å². The second-order valence-corrected chi connectivity index (χ2v) is 13.8. The molecule has 4 rings (SSSR count). The summed E-state index contributed by atoms with van der Waals surface area (Å²) in [7, 11) is -4.14. The Balaban J connectivity index is 1.83. The fraction of sp³-hybridized carbons (Fsp3) is 0.278. The monoisotopic (exact) mass is 689 g/mol. The number of sulfonamides is 1. The highest BCUT2D eigenvalue weighted by Crippen LogP contribution is 2.28. The van der Waals surface area contributed by atoms with Gasteiger partial charge in [0.15, 0.2) is 0 Å². The fourth-order valence-electron chi connectivity index (χ4n) is 5.11. The smallest absolute Gasteiger partial charge is 0.264 e. The number of nitrogens with zero attached hydrogens (tertiary/aromatic N) is 2. The molecule has 0 bridgehead atoms. The molecule has 7 nitrogen and oxygen atoms in total. The van der Waals surface area contributed by atoms with E-state index in [1.165, 1.54) is 21.3 Å². The second-order valence-electron chi connectivity index (χ2n) is 11.0. The van der Waals surface area contributed by atoms with Crippen molar-refractivity contribution in [2.75, 3.05) is 10.8 Å². The van der Waals surface area contributed by atoms with Crippen LogP contribution in [0.25, 0.3) is 0 Å². The molecule has 0 saturated carbocycles. The molecule has 2 unspecified atom stereocenters. The first-order valence-corrected chi connectivity index (χ1v) is 17.4. The number of benzene rings is 4. The van der Waals surface area contributed by atoms with Crippen molar-refractivity contribution < 1.29 is 18.0 Å². The molecule has 0 spiro atoms. The summed E-state index contributed by atoms with van der Waals surface area (Å²) in [6.07, 6.45) is 1.56. The van der Waals surface area contributed by atoms with Crippen LogP contribution in [0.2, 0.25) is 0 Å². The molecule has 0 radical (unpaired) electrons. The first kappa shape index (κ1) is 33.9. The third-order valence-corrected chi connectivity index (χ3v) is 10.0. The molecular formula is C36H40BrN3O4S. The van der Waals surface area contributed by atoms with Crippen molar-refractivity contribution in [2.45, 2.75) is 63.6 Å². The van der Waals surface area contributed by atoms with Crippen LogP contribution in [0.3, 0.4) is 0 Å². The van der Waals surface area contributed by atoms with Gasteiger partial charge in [-0.3, -0.25) is 13.9 Å². The van der Waals surface area contributed by atoms with Crippen molar-refractivity contribution >= 4 is 43.5 Å². The van der Waals surface area contributed by atoms with Crippen molar-refractivity contribution in [2.24, 2.45) is 0 Å². The van der Waals surface area contributed by atoms with E-state index in [2.05, 4.69) is 21.2 Å². The molecule has 45 heavy (non-hydrogen) atoms. The Kier molecular flexibility index (Phi) is 12.0. The summed E-state index contributed by atoms with van der Waals surface area (Å²) < 4.78 is 30.4. The van der Waals surface area contributed by atoms with Crippen molar-refractivity contribution in [3.63, 3.8) is 0 Å². The lowest BCUT2D eigenvalue weighted by molar-refractivity contribution is -0.140. The van der Waals surface area contributed by atoms with Crippen LogP contribution in [0.4, 0.5) is 5.69 Å². The van der Waals surface area contributed by atoms with E-state index in [9.17, 15) is 18.0 Å². The molecule has 2 atom stereocenters. The predicted molar refractivity (Wildman–Crippen MR) is 183 cm³/mol. The van der Waals surface area contributed by atoms with Crippen LogP contribution in [0, 0.1) is 0 Å². The van der Waals surface area contributed by atoms with Crippen LogP contribution in [0.15, 0.2) is 119 Å². The lowest BCUT2D eigenvalue weighted by Crippen LogP contribution is -2.54. The third kappa shape index (κ3) is 8.83. The number of halogens is 1. The Labute approximate surface area is 275 Å². The average Bonchev–Trinajstić information content (AvgIpc) is 3.05. The summed E-state index contributed by atoms with van der Waals surface area (Å²) in [4.78, 5) is 30.2. The maximum atomic E-state index is 14.6. The minimum absolute atomic E-state index is 0.0811. The predicted octanol–water partition coefficient (Wildman–Crippen LogP) is 6.76. The van der Waals surface area contributed by atoms with Crippen molar-refractivity contribution in [3.8, 4) is 0 Å². The molecule has 0 aliphatic heterocycles. The lowest BCUT2D eigenvalue weighted by atomic mass is 10.0. The van der Waals surface area contributed by atoms with Crippen LogP contribution in [0.5, 0.6) is 0 Å². The van der Waals surface area contributed by atoms with Gasteiger partial charge in [-0.05, 0) is 66.8 Å². The Morgan fingerprint density at radius 3 is 2.09 bits per heavy atom. The SMILES string of the molecule is CCc1ccccc1N(CC(=O)N(Cc1cccc(Br)c1)C(Cc1ccccc1)C(=O)NC(C)CC)S(=O)(=O)c1ccccc1. The number of carbonyl (C=O) groups is 2. The van der Waals surface area contributed by atoms with E-state index in [-0.39, 0.29) is 29.8 Å². The average molecular weight is 691 g/mol. The van der Waals surface area contributed by atoms with Gasteiger partial charge >= 0.3 is 0 Å². The molecule has 0 saturated heterocycles. The van der Waals surface area contributed by atoms with Crippen molar-refractivity contribution in [3.05, 3.63) is 130 Å². The van der Waals surface area contributed by atoms with Crippen molar-refractivity contribution in [1.82, 2.24) is 10.2 Å². The van der Waals surface area contributed by atoms with Gasteiger partial charge in [-0.15, -0.1) is 0 Å². The molecule has 0 aliphatic rings. The number of anilines is 1. The van der Waals surface area contributed by atoms with E-state index in [0.29, 0.717) is 12.1 Å². The lowest BCUT2D eigenvalue weighted by Gasteiger charge is -2.34. The quantitative estimate of drug-likeness (QED) is 0.159. The summed E-state index contributed by atoms with van der Waals surface area (Å²) >= 11 is 3.52. The second kappa shape index (κ2) is 15.9. The number of hydrogen-bond donors (Lipinski definition) is 1. The maximum Gasteiger partial charge on any atom is 0.264 e. The molecule has 0 fully saturated rings. The summed E-state index contributed by atoms with van der Waals surface area (Å²) in [6.45, 7) is 5.48. The zero-order valence-electron chi connectivity index (χ0n) is 25.9. The van der Waals surface area contributed by atoms with E-state index in [0.717, 1.165) is 27.6 Å². The van der Waals surface area contributed by atoms with E-state index in [1.54, 1.807) is 30.3 Å². The van der Waals surface area contributed by atoms with Gasteiger partial charge in [0.2, 0.25) is 11.8 Å². The first-order valence-electron chi connectivity index (χ1n) is 15.2. The zero-order chi connectivity index (χ0) is 32.4. The molecule has 0 aromatic heterocycles. The number of hydrogen-bond acceptors (Lipinski definition) is 4. The minimum atomic E-state index is -4.14. The van der Waals surface area contributed by atoms with Gasteiger partial charge in [0.25, 0.3) is 10.0 Å². The van der Waals surface area contributed by atoms with Crippen LogP contribution in [-0.2, 0) is 39.0 Å². The molecule has 236 valence electrons. The number of amides is 2. The Morgan fingerprint density at radius 2 is 1.44 bits per heavy atom. The number of para-hydroxylation sites is 1. The fourth-order valence-corrected chi connectivity index (χ4v) is 7.03. The van der Waals surface area contributed by atoms with E-state index in [1.807, 2.05) is 87.5 Å². The van der Waals surface area contributed by atoms with Gasteiger partial charge in [0.1, 0.15) is 12.6 Å².